The molecule has 6 nitrogen and oxygen atoms in total. The highest BCUT2D eigenvalue weighted by Gasteiger charge is 2.17. The number of methoxy groups -OCH3 is 2. The third-order valence-corrected chi connectivity index (χ3v) is 4.97. The zero-order chi connectivity index (χ0) is 19.9. The van der Waals surface area contributed by atoms with Crippen LogP contribution in [-0.4, -0.2) is 32.1 Å². The predicted molar refractivity (Wildman–Crippen MR) is 108 cm³/mol. The van der Waals surface area contributed by atoms with Crippen LogP contribution in [0, 0.1) is 0 Å². The Labute approximate surface area is 165 Å². The molecule has 0 unspecified atom stereocenters. The number of carbonyl (C=O) groups excluding carboxylic acids is 2. The van der Waals surface area contributed by atoms with Gasteiger partial charge in [0.1, 0.15) is 0 Å². The SMILES string of the molecule is COc1ccc(NC(=O)c2cccc(C(=O)NC3CCCCC3)c2)cc1OC. The summed E-state index contributed by atoms with van der Waals surface area (Å²) in [6.45, 7) is 0. The van der Waals surface area contributed by atoms with Gasteiger partial charge >= 0.3 is 0 Å². The zero-order valence-electron chi connectivity index (χ0n) is 16.3. The first kappa shape index (κ1) is 19.7. The molecule has 6 heteroatoms. The molecule has 1 aliphatic carbocycles. The van der Waals surface area contributed by atoms with Crippen LogP contribution in [0.2, 0.25) is 0 Å². The number of nitrogens with one attached hydrogen (secondary N) is 2. The molecule has 0 aromatic heterocycles. The lowest BCUT2D eigenvalue weighted by Crippen LogP contribution is -2.36. The monoisotopic (exact) mass is 382 g/mol. The number of ether oxygens (including phenoxy) is 2. The first-order chi connectivity index (χ1) is 13.6. The van der Waals surface area contributed by atoms with Gasteiger partial charge in [0.05, 0.1) is 14.2 Å². The Morgan fingerprint density at radius 1 is 0.857 bits per heavy atom. The minimum atomic E-state index is -0.292. The minimum Gasteiger partial charge on any atom is -0.493 e. The Morgan fingerprint density at radius 3 is 2.21 bits per heavy atom. The van der Waals surface area contributed by atoms with Gasteiger partial charge in [0.25, 0.3) is 11.8 Å². The van der Waals surface area contributed by atoms with Gasteiger partial charge in [-0.15, -0.1) is 0 Å². The quantitative estimate of drug-likeness (QED) is 0.791. The Kier molecular flexibility index (Phi) is 6.53. The van der Waals surface area contributed by atoms with Gasteiger partial charge in [-0.25, -0.2) is 0 Å². The molecule has 3 rings (SSSR count). The van der Waals surface area contributed by atoms with Crippen molar-refractivity contribution in [1.29, 1.82) is 0 Å². The Hall–Kier alpha value is -3.02. The second-order valence-corrected chi connectivity index (χ2v) is 6.91. The van der Waals surface area contributed by atoms with Gasteiger partial charge in [-0.05, 0) is 43.2 Å². The topological polar surface area (TPSA) is 76.7 Å². The molecule has 1 aliphatic rings. The summed E-state index contributed by atoms with van der Waals surface area (Å²) in [5.41, 5.74) is 1.50. The number of amides is 2. The van der Waals surface area contributed by atoms with E-state index < -0.39 is 0 Å². The van der Waals surface area contributed by atoms with Crippen molar-refractivity contribution in [2.75, 3.05) is 19.5 Å². The first-order valence-corrected chi connectivity index (χ1v) is 9.55. The molecule has 148 valence electrons. The fraction of sp³-hybridized carbons (Fsp3) is 0.364. The highest BCUT2D eigenvalue weighted by molar-refractivity contribution is 6.06. The van der Waals surface area contributed by atoms with Gasteiger partial charge in [-0.2, -0.15) is 0 Å². The van der Waals surface area contributed by atoms with Crippen molar-refractivity contribution in [3.8, 4) is 11.5 Å². The molecule has 28 heavy (non-hydrogen) atoms. The van der Waals surface area contributed by atoms with E-state index in [9.17, 15) is 9.59 Å². The van der Waals surface area contributed by atoms with E-state index in [0.29, 0.717) is 28.3 Å². The molecule has 2 amide bonds. The van der Waals surface area contributed by atoms with Crippen molar-refractivity contribution in [3.63, 3.8) is 0 Å². The smallest absolute Gasteiger partial charge is 0.255 e. The van der Waals surface area contributed by atoms with Crippen LogP contribution in [0.1, 0.15) is 52.8 Å². The molecule has 2 N–H and O–H groups in total. The average Bonchev–Trinajstić information content (AvgIpc) is 2.74. The normalized spacial score (nSPS) is 14.2. The molecule has 2 aromatic rings. The van der Waals surface area contributed by atoms with Crippen molar-refractivity contribution in [3.05, 3.63) is 53.6 Å². The molecule has 1 fully saturated rings. The van der Waals surface area contributed by atoms with E-state index >= 15 is 0 Å². The molecule has 1 saturated carbocycles. The van der Waals surface area contributed by atoms with E-state index in [-0.39, 0.29) is 17.9 Å². The molecule has 0 saturated heterocycles. The van der Waals surface area contributed by atoms with Gasteiger partial charge in [-0.3, -0.25) is 9.59 Å². The van der Waals surface area contributed by atoms with Gasteiger partial charge in [0, 0.05) is 28.9 Å². The van der Waals surface area contributed by atoms with Gasteiger partial charge in [0.15, 0.2) is 11.5 Å². The molecule has 0 aliphatic heterocycles. The standard InChI is InChI=1S/C22H26N2O4/c1-27-19-12-11-18(14-20(19)28-2)24-22(26)16-8-6-7-15(13-16)21(25)23-17-9-4-3-5-10-17/h6-8,11-14,17H,3-5,9-10H2,1-2H3,(H,23,25)(H,24,26). The Bertz CT molecular complexity index is 844. The van der Waals surface area contributed by atoms with Crippen molar-refractivity contribution in [2.24, 2.45) is 0 Å². The van der Waals surface area contributed by atoms with Crippen LogP contribution in [0.5, 0.6) is 11.5 Å². The van der Waals surface area contributed by atoms with Gasteiger partial charge in [-0.1, -0.05) is 25.3 Å². The van der Waals surface area contributed by atoms with Crippen LogP contribution in [0.25, 0.3) is 0 Å². The van der Waals surface area contributed by atoms with Crippen LogP contribution < -0.4 is 20.1 Å². The number of anilines is 1. The maximum atomic E-state index is 12.6. The Morgan fingerprint density at radius 2 is 1.54 bits per heavy atom. The maximum absolute atomic E-state index is 12.6. The summed E-state index contributed by atoms with van der Waals surface area (Å²) >= 11 is 0. The first-order valence-electron chi connectivity index (χ1n) is 9.55. The van der Waals surface area contributed by atoms with E-state index in [4.69, 9.17) is 9.47 Å². The minimum absolute atomic E-state index is 0.132. The molecular formula is C22H26N2O4. The average molecular weight is 382 g/mol. The number of carbonyl (C=O) groups is 2. The molecule has 0 bridgehead atoms. The lowest BCUT2D eigenvalue weighted by Gasteiger charge is -2.22. The third-order valence-electron chi connectivity index (χ3n) is 4.97. The summed E-state index contributed by atoms with van der Waals surface area (Å²) in [4.78, 5) is 25.1. The van der Waals surface area contributed by atoms with E-state index in [2.05, 4.69) is 10.6 Å². The van der Waals surface area contributed by atoms with Crippen LogP contribution in [0.3, 0.4) is 0 Å². The van der Waals surface area contributed by atoms with Crippen molar-refractivity contribution in [1.82, 2.24) is 5.32 Å². The lowest BCUT2D eigenvalue weighted by molar-refractivity contribution is 0.0927. The number of rotatable bonds is 6. The van der Waals surface area contributed by atoms with Gasteiger partial charge in [0.2, 0.25) is 0 Å². The van der Waals surface area contributed by atoms with Crippen LogP contribution >= 0.6 is 0 Å². The molecule has 0 heterocycles. The molecule has 2 aromatic carbocycles. The van der Waals surface area contributed by atoms with Crippen molar-refractivity contribution < 1.29 is 19.1 Å². The number of hydrogen-bond donors (Lipinski definition) is 2. The van der Waals surface area contributed by atoms with Crippen LogP contribution in [0.4, 0.5) is 5.69 Å². The molecule has 0 radical (unpaired) electrons. The summed E-state index contributed by atoms with van der Waals surface area (Å²) in [5, 5.41) is 5.90. The summed E-state index contributed by atoms with van der Waals surface area (Å²) in [6, 6.07) is 12.1. The predicted octanol–water partition coefficient (Wildman–Crippen LogP) is 4.02. The van der Waals surface area contributed by atoms with Crippen LogP contribution in [0.15, 0.2) is 42.5 Å². The van der Waals surface area contributed by atoms with Crippen molar-refractivity contribution >= 4 is 17.5 Å². The largest absolute Gasteiger partial charge is 0.493 e. The zero-order valence-corrected chi connectivity index (χ0v) is 16.3. The third kappa shape index (κ3) is 4.82. The van der Waals surface area contributed by atoms with E-state index in [1.165, 1.54) is 13.5 Å². The molecular weight excluding hydrogens is 356 g/mol. The summed E-state index contributed by atoms with van der Waals surface area (Å²) in [5.74, 6) is 0.690. The Balaban J connectivity index is 1.69. The van der Waals surface area contributed by atoms with E-state index in [1.54, 1.807) is 49.6 Å². The van der Waals surface area contributed by atoms with Crippen LogP contribution in [-0.2, 0) is 0 Å². The fourth-order valence-electron chi connectivity index (χ4n) is 3.43. The lowest BCUT2D eigenvalue weighted by atomic mass is 9.95. The highest BCUT2D eigenvalue weighted by Crippen LogP contribution is 2.30. The number of hydrogen-bond acceptors (Lipinski definition) is 4. The van der Waals surface area contributed by atoms with Crippen molar-refractivity contribution in [2.45, 2.75) is 38.1 Å². The van der Waals surface area contributed by atoms with E-state index in [1.807, 2.05) is 0 Å². The second kappa shape index (κ2) is 9.26. The summed E-state index contributed by atoms with van der Waals surface area (Å²) in [7, 11) is 3.10. The molecule has 0 spiro atoms. The molecule has 0 atom stereocenters. The summed E-state index contributed by atoms with van der Waals surface area (Å²) in [6.07, 6.45) is 5.58. The van der Waals surface area contributed by atoms with E-state index in [0.717, 1.165) is 25.7 Å². The maximum Gasteiger partial charge on any atom is 0.255 e. The second-order valence-electron chi connectivity index (χ2n) is 6.91. The fourth-order valence-corrected chi connectivity index (χ4v) is 3.43. The summed E-state index contributed by atoms with van der Waals surface area (Å²) < 4.78 is 10.5. The highest BCUT2D eigenvalue weighted by atomic mass is 16.5. The number of benzene rings is 2. The van der Waals surface area contributed by atoms with Gasteiger partial charge < -0.3 is 20.1 Å².